The minimum Gasteiger partial charge on any atom is -0.493 e. The predicted octanol–water partition coefficient (Wildman–Crippen LogP) is 4.29. The molecule has 0 spiro atoms. The summed E-state index contributed by atoms with van der Waals surface area (Å²) in [5.41, 5.74) is 1.60. The molecule has 2 aromatic carbocycles. The van der Waals surface area contributed by atoms with E-state index in [1.165, 1.54) is 14.2 Å². The van der Waals surface area contributed by atoms with E-state index >= 15 is 0 Å². The number of carbonyl (C=O) groups is 1. The number of esters is 1. The fraction of sp³-hybridized carbons (Fsp3) is 0.188. The highest BCUT2D eigenvalue weighted by molar-refractivity contribution is 6.36. The summed E-state index contributed by atoms with van der Waals surface area (Å²) in [6.45, 7) is 0. The molecule has 0 saturated carbocycles. The molecule has 5 nitrogen and oxygen atoms in total. The average Bonchev–Trinajstić information content (AvgIpc) is 2.85. The number of halogens is 2. The predicted molar refractivity (Wildman–Crippen MR) is 87.8 cm³/mol. The molecule has 0 aliphatic carbocycles. The van der Waals surface area contributed by atoms with Crippen LogP contribution in [0.25, 0.3) is 0 Å². The van der Waals surface area contributed by atoms with Crippen LogP contribution in [-0.2, 0) is 4.74 Å². The van der Waals surface area contributed by atoms with Crippen LogP contribution in [0.4, 0.5) is 5.69 Å². The van der Waals surface area contributed by atoms with Crippen LogP contribution in [0.3, 0.4) is 0 Å². The summed E-state index contributed by atoms with van der Waals surface area (Å²) in [4.78, 5) is 12.2. The first-order chi connectivity index (χ1) is 11.0. The van der Waals surface area contributed by atoms with Crippen molar-refractivity contribution in [3.63, 3.8) is 0 Å². The molecule has 0 amide bonds. The Kier molecular flexibility index (Phi) is 4.24. The first kappa shape index (κ1) is 15.8. The van der Waals surface area contributed by atoms with Crippen LogP contribution in [0.5, 0.6) is 11.5 Å². The highest BCUT2D eigenvalue weighted by atomic mass is 35.5. The van der Waals surface area contributed by atoms with E-state index in [9.17, 15) is 4.79 Å². The standard InChI is InChI=1S/C16H13Cl2NO4/c1-21-12-6-4-9-13(14(12)22-2)16(20)23-15(9)19-11-5-3-8(17)7-10(11)18/h3-7,15,19H,1-2H3/t15-/m0/s1. The number of rotatable bonds is 4. The van der Waals surface area contributed by atoms with Gasteiger partial charge in [-0.05, 0) is 30.3 Å². The van der Waals surface area contributed by atoms with Crippen LogP contribution in [0.15, 0.2) is 30.3 Å². The van der Waals surface area contributed by atoms with Crippen LogP contribution in [-0.4, -0.2) is 20.2 Å². The zero-order valence-corrected chi connectivity index (χ0v) is 13.9. The minimum atomic E-state index is -0.670. The van der Waals surface area contributed by atoms with Crippen LogP contribution in [0, 0.1) is 0 Å². The van der Waals surface area contributed by atoms with Gasteiger partial charge in [-0.25, -0.2) is 4.79 Å². The number of fused-ring (bicyclic) bond motifs is 1. The molecular weight excluding hydrogens is 341 g/mol. The van der Waals surface area contributed by atoms with Crippen molar-refractivity contribution in [3.8, 4) is 11.5 Å². The molecule has 1 atom stereocenters. The van der Waals surface area contributed by atoms with Crippen molar-refractivity contribution < 1.29 is 19.0 Å². The Morgan fingerprint density at radius 2 is 1.91 bits per heavy atom. The summed E-state index contributed by atoms with van der Waals surface area (Å²) in [6.07, 6.45) is -0.670. The fourth-order valence-electron chi connectivity index (χ4n) is 2.46. The number of benzene rings is 2. The molecule has 23 heavy (non-hydrogen) atoms. The van der Waals surface area contributed by atoms with Gasteiger partial charge in [0.05, 0.1) is 24.9 Å². The monoisotopic (exact) mass is 353 g/mol. The molecule has 0 aromatic heterocycles. The molecule has 1 N–H and O–H groups in total. The maximum absolute atomic E-state index is 12.2. The summed E-state index contributed by atoms with van der Waals surface area (Å²) in [6, 6.07) is 8.50. The first-order valence-corrected chi connectivity index (χ1v) is 7.48. The molecule has 3 rings (SSSR count). The summed E-state index contributed by atoms with van der Waals surface area (Å²) in [5, 5.41) is 4.04. The number of hydrogen-bond acceptors (Lipinski definition) is 5. The molecule has 1 aliphatic heterocycles. The topological polar surface area (TPSA) is 56.8 Å². The highest BCUT2D eigenvalue weighted by Crippen LogP contribution is 2.42. The Morgan fingerprint density at radius 3 is 2.57 bits per heavy atom. The first-order valence-electron chi connectivity index (χ1n) is 6.72. The number of anilines is 1. The molecule has 1 aliphatic rings. The van der Waals surface area contributed by atoms with Crippen molar-refractivity contribution in [1.29, 1.82) is 0 Å². The average molecular weight is 354 g/mol. The van der Waals surface area contributed by atoms with E-state index in [1.54, 1.807) is 30.3 Å². The molecule has 2 aromatic rings. The van der Waals surface area contributed by atoms with E-state index in [0.717, 1.165) is 0 Å². The van der Waals surface area contributed by atoms with Crippen molar-refractivity contribution in [2.75, 3.05) is 19.5 Å². The van der Waals surface area contributed by atoms with E-state index in [2.05, 4.69) is 5.32 Å². The van der Waals surface area contributed by atoms with Crippen molar-refractivity contribution in [3.05, 3.63) is 51.5 Å². The molecule has 0 bridgehead atoms. The number of cyclic esters (lactones) is 1. The fourth-order valence-corrected chi connectivity index (χ4v) is 2.92. The van der Waals surface area contributed by atoms with Crippen molar-refractivity contribution >= 4 is 34.9 Å². The van der Waals surface area contributed by atoms with Gasteiger partial charge >= 0.3 is 5.97 Å². The third-order valence-electron chi connectivity index (χ3n) is 3.51. The van der Waals surface area contributed by atoms with Gasteiger partial charge in [-0.1, -0.05) is 23.2 Å². The lowest BCUT2D eigenvalue weighted by Gasteiger charge is -2.16. The number of nitrogens with one attached hydrogen (secondary N) is 1. The second-order valence-electron chi connectivity index (χ2n) is 4.82. The number of methoxy groups -OCH3 is 2. The largest absolute Gasteiger partial charge is 0.493 e. The van der Waals surface area contributed by atoms with Crippen LogP contribution < -0.4 is 14.8 Å². The van der Waals surface area contributed by atoms with Gasteiger partial charge in [0.15, 0.2) is 11.5 Å². The quantitative estimate of drug-likeness (QED) is 0.830. The van der Waals surface area contributed by atoms with Gasteiger partial charge in [0.25, 0.3) is 0 Å². The number of hydrogen-bond donors (Lipinski definition) is 1. The molecular formula is C16H13Cl2NO4. The molecule has 7 heteroatoms. The van der Waals surface area contributed by atoms with Gasteiger partial charge in [0.1, 0.15) is 5.56 Å². The van der Waals surface area contributed by atoms with Gasteiger partial charge in [-0.3, -0.25) is 0 Å². The second-order valence-corrected chi connectivity index (χ2v) is 5.66. The van der Waals surface area contributed by atoms with Gasteiger partial charge in [-0.15, -0.1) is 0 Å². The highest BCUT2D eigenvalue weighted by Gasteiger charge is 2.36. The molecule has 1 heterocycles. The van der Waals surface area contributed by atoms with E-state index in [4.69, 9.17) is 37.4 Å². The molecule has 0 saturated heterocycles. The van der Waals surface area contributed by atoms with Gasteiger partial charge in [0, 0.05) is 10.6 Å². The number of ether oxygens (including phenoxy) is 3. The van der Waals surface area contributed by atoms with E-state index < -0.39 is 12.2 Å². The van der Waals surface area contributed by atoms with Gasteiger partial charge < -0.3 is 19.5 Å². The van der Waals surface area contributed by atoms with Gasteiger partial charge in [0.2, 0.25) is 6.23 Å². The Morgan fingerprint density at radius 1 is 1.13 bits per heavy atom. The SMILES string of the molecule is COc1ccc2c(c1OC)C(=O)O[C@@H]2Nc1ccc(Cl)cc1Cl. The smallest absolute Gasteiger partial charge is 0.344 e. The number of carbonyl (C=O) groups excluding carboxylic acids is 1. The Hall–Kier alpha value is -2.11. The Bertz CT molecular complexity index is 779. The molecule has 120 valence electrons. The van der Waals surface area contributed by atoms with Crippen LogP contribution >= 0.6 is 23.2 Å². The van der Waals surface area contributed by atoms with E-state index in [1.807, 2.05) is 0 Å². The Labute approximate surface area is 143 Å². The van der Waals surface area contributed by atoms with Crippen molar-refractivity contribution in [2.45, 2.75) is 6.23 Å². The second kappa shape index (κ2) is 6.18. The third-order valence-corrected chi connectivity index (χ3v) is 4.05. The lowest BCUT2D eigenvalue weighted by molar-refractivity contribution is 0.0435. The summed E-state index contributed by atoms with van der Waals surface area (Å²) in [5.74, 6) is 0.327. The molecule has 0 fully saturated rings. The lowest BCUT2D eigenvalue weighted by atomic mass is 10.1. The normalized spacial score (nSPS) is 15.8. The van der Waals surface area contributed by atoms with E-state index in [0.29, 0.717) is 38.4 Å². The van der Waals surface area contributed by atoms with E-state index in [-0.39, 0.29) is 0 Å². The molecule has 0 unspecified atom stereocenters. The minimum absolute atomic E-state index is 0.342. The summed E-state index contributed by atoms with van der Waals surface area (Å²) < 4.78 is 15.9. The maximum Gasteiger partial charge on any atom is 0.344 e. The molecule has 0 radical (unpaired) electrons. The summed E-state index contributed by atoms with van der Waals surface area (Å²) in [7, 11) is 2.98. The van der Waals surface area contributed by atoms with Crippen molar-refractivity contribution in [1.82, 2.24) is 0 Å². The van der Waals surface area contributed by atoms with Crippen molar-refractivity contribution in [2.24, 2.45) is 0 Å². The van der Waals surface area contributed by atoms with Gasteiger partial charge in [-0.2, -0.15) is 0 Å². The maximum atomic E-state index is 12.2. The summed E-state index contributed by atoms with van der Waals surface area (Å²) >= 11 is 12.0. The third kappa shape index (κ3) is 2.78. The van der Waals surface area contributed by atoms with Crippen LogP contribution in [0.1, 0.15) is 22.1 Å². The van der Waals surface area contributed by atoms with Crippen LogP contribution in [0.2, 0.25) is 10.0 Å². The zero-order valence-electron chi connectivity index (χ0n) is 12.4. The zero-order chi connectivity index (χ0) is 16.6. The lowest BCUT2D eigenvalue weighted by Crippen LogP contribution is -2.10. The Balaban J connectivity index is 1.99.